The standard InChI is InChI=1S/C6H7NO2S/c1-4(8)5-3-7-6(9-5)10-2/h3H,1-2H3. The smallest absolute Gasteiger partial charge is 0.255 e. The Kier molecular flexibility index (Phi) is 2.11. The fourth-order valence-corrected chi connectivity index (χ4v) is 0.846. The number of ketones is 1. The van der Waals surface area contributed by atoms with Crippen molar-refractivity contribution in [2.45, 2.75) is 12.1 Å². The van der Waals surface area contributed by atoms with Gasteiger partial charge in [-0.05, 0) is 6.26 Å². The van der Waals surface area contributed by atoms with Gasteiger partial charge < -0.3 is 4.42 Å². The van der Waals surface area contributed by atoms with Crippen molar-refractivity contribution in [2.75, 3.05) is 6.26 Å². The van der Waals surface area contributed by atoms with Crippen molar-refractivity contribution in [2.24, 2.45) is 0 Å². The Balaban J connectivity index is 2.88. The van der Waals surface area contributed by atoms with Crippen LogP contribution in [0.4, 0.5) is 0 Å². The van der Waals surface area contributed by atoms with Crippen molar-refractivity contribution in [1.29, 1.82) is 0 Å². The van der Waals surface area contributed by atoms with E-state index in [1.165, 1.54) is 24.9 Å². The highest BCUT2D eigenvalue weighted by atomic mass is 32.2. The number of oxazole rings is 1. The van der Waals surface area contributed by atoms with Crippen molar-refractivity contribution in [3.8, 4) is 0 Å². The van der Waals surface area contributed by atoms with E-state index in [2.05, 4.69) is 4.98 Å². The number of rotatable bonds is 2. The van der Waals surface area contributed by atoms with Crippen LogP contribution in [0.1, 0.15) is 17.5 Å². The number of carbonyl (C=O) groups is 1. The number of nitrogens with zero attached hydrogens (tertiary/aromatic N) is 1. The fourth-order valence-electron chi connectivity index (χ4n) is 0.515. The van der Waals surface area contributed by atoms with Crippen LogP contribution in [-0.2, 0) is 0 Å². The van der Waals surface area contributed by atoms with Crippen LogP contribution >= 0.6 is 11.8 Å². The molecule has 3 nitrogen and oxygen atoms in total. The highest BCUT2D eigenvalue weighted by Crippen LogP contribution is 2.13. The van der Waals surface area contributed by atoms with E-state index in [4.69, 9.17) is 4.42 Å². The summed E-state index contributed by atoms with van der Waals surface area (Å²) < 4.78 is 5.00. The first-order valence-corrected chi connectivity index (χ1v) is 3.97. The maximum atomic E-state index is 10.6. The fraction of sp³-hybridized carbons (Fsp3) is 0.333. The van der Waals surface area contributed by atoms with Gasteiger partial charge in [-0.2, -0.15) is 0 Å². The van der Waals surface area contributed by atoms with Gasteiger partial charge in [0, 0.05) is 6.92 Å². The van der Waals surface area contributed by atoms with Crippen LogP contribution in [0.25, 0.3) is 0 Å². The summed E-state index contributed by atoms with van der Waals surface area (Å²) in [6, 6.07) is 0. The van der Waals surface area contributed by atoms with E-state index in [9.17, 15) is 4.79 Å². The third-order valence-electron chi connectivity index (χ3n) is 1.01. The Hall–Kier alpha value is -0.770. The summed E-state index contributed by atoms with van der Waals surface area (Å²) in [4.78, 5) is 14.5. The Labute approximate surface area is 62.8 Å². The maximum Gasteiger partial charge on any atom is 0.255 e. The minimum atomic E-state index is -0.0900. The summed E-state index contributed by atoms with van der Waals surface area (Å²) in [6.07, 6.45) is 3.28. The van der Waals surface area contributed by atoms with Crippen LogP contribution in [0, 0.1) is 0 Å². The summed E-state index contributed by atoms with van der Waals surface area (Å²) in [7, 11) is 0. The number of Topliss-reactive ketones (excluding diaryl/α,β-unsaturated/α-hetero) is 1. The van der Waals surface area contributed by atoms with E-state index in [0.29, 0.717) is 11.0 Å². The van der Waals surface area contributed by atoms with Gasteiger partial charge >= 0.3 is 0 Å². The van der Waals surface area contributed by atoms with Crippen LogP contribution in [0.3, 0.4) is 0 Å². The molecule has 0 spiro atoms. The average Bonchev–Trinajstić information content (AvgIpc) is 2.34. The van der Waals surface area contributed by atoms with E-state index in [0.717, 1.165) is 0 Å². The molecule has 54 valence electrons. The lowest BCUT2D eigenvalue weighted by molar-refractivity contribution is 0.0982. The topological polar surface area (TPSA) is 43.1 Å². The molecule has 0 saturated carbocycles. The highest BCUT2D eigenvalue weighted by Gasteiger charge is 2.05. The van der Waals surface area contributed by atoms with Crippen LogP contribution in [0.2, 0.25) is 0 Å². The van der Waals surface area contributed by atoms with Crippen molar-refractivity contribution in [3.05, 3.63) is 12.0 Å². The maximum absolute atomic E-state index is 10.6. The van der Waals surface area contributed by atoms with Gasteiger partial charge in [-0.1, -0.05) is 11.8 Å². The van der Waals surface area contributed by atoms with Gasteiger partial charge in [-0.25, -0.2) is 4.98 Å². The Morgan fingerprint density at radius 1 is 1.80 bits per heavy atom. The summed E-state index contributed by atoms with van der Waals surface area (Å²) in [5.74, 6) is 0.233. The quantitative estimate of drug-likeness (QED) is 0.483. The van der Waals surface area contributed by atoms with Crippen molar-refractivity contribution in [3.63, 3.8) is 0 Å². The van der Waals surface area contributed by atoms with Crippen LogP contribution in [0.5, 0.6) is 0 Å². The monoisotopic (exact) mass is 157 g/mol. The second-order valence-corrected chi connectivity index (χ2v) is 2.51. The molecule has 1 heterocycles. The highest BCUT2D eigenvalue weighted by molar-refractivity contribution is 7.98. The van der Waals surface area contributed by atoms with Crippen molar-refractivity contribution in [1.82, 2.24) is 4.98 Å². The molecule has 0 aliphatic carbocycles. The molecular formula is C6H7NO2S. The molecule has 0 aliphatic rings. The van der Waals surface area contributed by atoms with E-state index in [1.807, 2.05) is 6.26 Å². The normalized spacial score (nSPS) is 9.80. The molecule has 0 unspecified atom stereocenters. The third-order valence-corrected chi connectivity index (χ3v) is 1.54. The van der Waals surface area contributed by atoms with Crippen molar-refractivity contribution < 1.29 is 9.21 Å². The molecule has 0 bridgehead atoms. The number of carbonyl (C=O) groups excluding carboxylic acids is 1. The second kappa shape index (κ2) is 2.88. The van der Waals surface area contributed by atoms with E-state index < -0.39 is 0 Å². The average molecular weight is 157 g/mol. The number of hydrogen-bond donors (Lipinski definition) is 0. The number of aromatic nitrogens is 1. The van der Waals surface area contributed by atoms with Crippen LogP contribution in [-0.4, -0.2) is 17.0 Å². The molecule has 1 rings (SSSR count). The summed E-state index contributed by atoms with van der Waals surface area (Å²) in [6.45, 7) is 1.45. The predicted octanol–water partition coefficient (Wildman–Crippen LogP) is 1.60. The molecular weight excluding hydrogens is 150 g/mol. The SMILES string of the molecule is CSc1ncc(C(C)=O)o1. The Morgan fingerprint density at radius 2 is 2.50 bits per heavy atom. The van der Waals surface area contributed by atoms with Gasteiger partial charge in [0.15, 0.2) is 11.5 Å². The molecule has 0 atom stereocenters. The number of hydrogen-bond acceptors (Lipinski definition) is 4. The lowest BCUT2D eigenvalue weighted by Crippen LogP contribution is -1.85. The van der Waals surface area contributed by atoms with Crippen LogP contribution < -0.4 is 0 Å². The number of thioether (sulfide) groups is 1. The van der Waals surface area contributed by atoms with E-state index in [1.54, 1.807) is 0 Å². The minimum Gasteiger partial charge on any atom is -0.428 e. The Morgan fingerprint density at radius 3 is 2.80 bits per heavy atom. The van der Waals surface area contributed by atoms with Gasteiger partial charge in [0.25, 0.3) is 5.22 Å². The molecule has 0 radical (unpaired) electrons. The lowest BCUT2D eigenvalue weighted by Gasteiger charge is -1.83. The zero-order chi connectivity index (χ0) is 7.56. The van der Waals surface area contributed by atoms with Crippen molar-refractivity contribution >= 4 is 17.5 Å². The molecule has 0 amide bonds. The second-order valence-electron chi connectivity index (χ2n) is 1.75. The lowest BCUT2D eigenvalue weighted by atomic mass is 10.4. The summed E-state index contributed by atoms with van der Waals surface area (Å²) in [5, 5.41) is 0.533. The minimum absolute atomic E-state index is 0.0900. The first-order valence-electron chi connectivity index (χ1n) is 2.75. The molecule has 10 heavy (non-hydrogen) atoms. The van der Waals surface area contributed by atoms with E-state index in [-0.39, 0.29) is 5.78 Å². The first-order chi connectivity index (χ1) is 4.74. The molecule has 1 aromatic rings. The van der Waals surface area contributed by atoms with Gasteiger partial charge in [-0.15, -0.1) is 0 Å². The van der Waals surface area contributed by atoms with Gasteiger partial charge in [-0.3, -0.25) is 4.79 Å². The zero-order valence-electron chi connectivity index (χ0n) is 5.75. The molecule has 1 aromatic heterocycles. The van der Waals surface area contributed by atoms with Gasteiger partial charge in [0.2, 0.25) is 0 Å². The zero-order valence-corrected chi connectivity index (χ0v) is 6.57. The predicted molar refractivity (Wildman–Crippen MR) is 38.3 cm³/mol. The van der Waals surface area contributed by atoms with Gasteiger partial charge in [0.05, 0.1) is 6.20 Å². The largest absolute Gasteiger partial charge is 0.428 e. The Bertz CT molecular complexity index is 244. The van der Waals surface area contributed by atoms with E-state index >= 15 is 0 Å². The first kappa shape index (κ1) is 7.34. The molecule has 0 aliphatic heterocycles. The molecule has 0 N–H and O–H groups in total. The molecule has 0 fully saturated rings. The summed E-state index contributed by atoms with van der Waals surface area (Å²) >= 11 is 1.38. The van der Waals surface area contributed by atoms with Crippen LogP contribution in [0.15, 0.2) is 15.8 Å². The third kappa shape index (κ3) is 1.39. The molecule has 4 heteroatoms. The van der Waals surface area contributed by atoms with Gasteiger partial charge in [0.1, 0.15) is 0 Å². The summed E-state index contributed by atoms with van der Waals surface area (Å²) in [5.41, 5.74) is 0. The molecule has 0 saturated heterocycles. The molecule has 0 aromatic carbocycles.